The predicted molar refractivity (Wildman–Crippen MR) is 242 cm³/mol. The highest BCUT2D eigenvalue weighted by molar-refractivity contribution is 5.98. The first kappa shape index (κ1) is 43.4. The maximum absolute atomic E-state index is 14.1. The molecule has 4 N–H and O–H groups in total. The Kier molecular flexibility index (Phi) is 12.4. The van der Waals surface area contributed by atoms with Gasteiger partial charge in [0, 0.05) is 56.0 Å². The van der Waals surface area contributed by atoms with Crippen LogP contribution in [0.25, 0.3) is 44.4 Å². The summed E-state index contributed by atoms with van der Waals surface area (Å²) in [5.41, 5.74) is 6.80. The molecule has 0 radical (unpaired) electrons. The number of H-pyrrole nitrogens is 2. The molecule has 4 amide bonds. The second-order valence-electron chi connectivity index (χ2n) is 17.9. The van der Waals surface area contributed by atoms with E-state index in [0.717, 1.165) is 93.1 Å². The van der Waals surface area contributed by atoms with Crippen LogP contribution in [0.1, 0.15) is 80.7 Å². The fourth-order valence-corrected chi connectivity index (χ4v) is 10.7. The van der Waals surface area contributed by atoms with Gasteiger partial charge >= 0.3 is 12.2 Å². The van der Waals surface area contributed by atoms with Crippen molar-refractivity contribution in [2.75, 3.05) is 53.7 Å². The third kappa shape index (κ3) is 8.45. The lowest BCUT2D eigenvalue weighted by molar-refractivity contribution is -0.137. The molecule has 66 heavy (non-hydrogen) atoms. The Morgan fingerprint density at radius 3 is 1.73 bits per heavy atom. The molecule has 5 aliphatic heterocycles. The van der Waals surface area contributed by atoms with Crippen LogP contribution < -0.4 is 15.4 Å². The molecule has 2 aromatic heterocycles. The summed E-state index contributed by atoms with van der Waals surface area (Å²) >= 11 is 0. The van der Waals surface area contributed by atoms with Crippen LogP contribution in [0.5, 0.6) is 5.75 Å². The van der Waals surface area contributed by atoms with Gasteiger partial charge in [0.1, 0.15) is 36.1 Å². The number of nitrogens with zero attached hydrogens (tertiary/aromatic N) is 4. The molecular weight excluding hydrogens is 845 g/mol. The molecule has 346 valence electrons. The van der Waals surface area contributed by atoms with E-state index in [2.05, 4.69) is 69.1 Å². The molecule has 5 aliphatic rings. The molecule has 0 saturated carbocycles. The number of amides is 4. The number of aromatic nitrogens is 4. The Balaban J connectivity index is 0.840. The zero-order valence-electron chi connectivity index (χ0n) is 37.3. The van der Waals surface area contributed by atoms with Crippen molar-refractivity contribution in [3.8, 4) is 39.4 Å². The number of carbonyl (C=O) groups excluding carboxylic acids is 4. The van der Waals surface area contributed by atoms with Crippen molar-refractivity contribution < 1.29 is 42.9 Å². The molecule has 0 aliphatic carbocycles. The zero-order chi connectivity index (χ0) is 45.3. The first-order valence-corrected chi connectivity index (χ1v) is 23.2. The summed E-state index contributed by atoms with van der Waals surface area (Å²) in [6.45, 7) is 3.77. The van der Waals surface area contributed by atoms with E-state index < -0.39 is 24.3 Å². The second kappa shape index (κ2) is 18.8. The fraction of sp³-hybridized carbons (Fsp3) is 0.469. The number of nitrogens with one attached hydrogen (secondary N) is 4. The van der Waals surface area contributed by atoms with Crippen LogP contribution in [-0.2, 0) is 35.1 Å². The molecule has 4 saturated heterocycles. The topological polar surface area (TPSA) is 202 Å². The van der Waals surface area contributed by atoms with Crippen LogP contribution in [0.4, 0.5) is 9.59 Å². The van der Waals surface area contributed by atoms with Crippen molar-refractivity contribution in [3.05, 3.63) is 78.1 Å². The van der Waals surface area contributed by atoms with Crippen LogP contribution >= 0.6 is 0 Å². The Morgan fingerprint density at radius 2 is 1.18 bits per heavy atom. The molecule has 10 rings (SSSR count). The second-order valence-corrected chi connectivity index (χ2v) is 17.9. The number of ether oxygens (including phenoxy) is 5. The molecule has 4 fully saturated rings. The highest BCUT2D eigenvalue weighted by Crippen LogP contribution is 2.44. The van der Waals surface area contributed by atoms with E-state index >= 15 is 0 Å². The Bertz CT molecular complexity index is 2620. The quantitative estimate of drug-likeness (QED) is 0.115. The monoisotopic (exact) mass is 900 g/mol. The van der Waals surface area contributed by atoms with Crippen molar-refractivity contribution in [1.29, 1.82) is 0 Å². The summed E-state index contributed by atoms with van der Waals surface area (Å²) in [5.74, 6) is 1.95. The van der Waals surface area contributed by atoms with Crippen LogP contribution in [0, 0.1) is 11.8 Å². The van der Waals surface area contributed by atoms with Gasteiger partial charge in [-0.3, -0.25) is 9.59 Å². The Morgan fingerprint density at radius 1 is 0.667 bits per heavy atom. The smallest absolute Gasteiger partial charge is 0.407 e. The highest BCUT2D eigenvalue weighted by Gasteiger charge is 2.42. The van der Waals surface area contributed by atoms with Gasteiger partial charge < -0.3 is 54.1 Å². The lowest BCUT2D eigenvalue weighted by Crippen LogP contribution is -2.53. The maximum atomic E-state index is 14.1. The third-order valence-electron chi connectivity index (χ3n) is 14.2. The highest BCUT2D eigenvalue weighted by atomic mass is 16.5. The number of hydrogen-bond acceptors (Lipinski definition) is 11. The van der Waals surface area contributed by atoms with Crippen LogP contribution in [-0.4, -0.2) is 120 Å². The summed E-state index contributed by atoms with van der Waals surface area (Å²) in [7, 11) is 2.62. The average Bonchev–Trinajstić information content (AvgIpc) is 4.22. The zero-order valence-corrected chi connectivity index (χ0v) is 37.3. The lowest BCUT2D eigenvalue weighted by atomic mass is 9.90. The summed E-state index contributed by atoms with van der Waals surface area (Å²) in [6, 6.07) is 15.0. The van der Waals surface area contributed by atoms with E-state index in [0.29, 0.717) is 71.8 Å². The molecule has 17 heteroatoms. The standard InChI is InChI=1S/C49H56N8O9/c1-62-48(60)54-41(28-13-19-64-20-14-28)46(58)56-17-3-5-39(56)44-50-25-37(52-44)31-9-11-35-30(23-31)7-12-36-34-10-8-32(24-33(34)27-66-43(35)36)38-26-51-45(53-38)40-6-4-18-57(40)47(59)42(55-49(61)63-2)29-15-21-65-22-16-29/h7-12,23-26,28-29,39-42H,3-6,13-22,27H2,1-2H3,(H,50,52)(H,51,53)(H,54,60)(H,55,61)/t39-,40?,41-,42-/m0/s1. The summed E-state index contributed by atoms with van der Waals surface area (Å²) in [5, 5.41) is 7.68. The molecule has 5 aromatic rings. The molecule has 0 spiro atoms. The number of hydrogen-bond donors (Lipinski definition) is 4. The van der Waals surface area contributed by atoms with Gasteiger partial charge in [-0.1, -0.05) is 30.3 Å². The van der Waals surface area contributed by atoms with Gasteiger partial charge in [0.25, 0.3) is 0 Å². The van der Waals surface area contributed by atoms with Gasteiger partial charge in [-0.15, -0.1) is 0 Å². The molecule has 4 atom stereocenters. The van der Waals surface area contributed by atoms with Crippen molar-refractivity contribution in [2.45, 2.75) is 82.1 Å². The van der Waals surface area contributed by atoms with Crippen molar-refractivity contribution >= 4 is 34.8 Å². The molecule has 1 unspecified atom stereocenters. The Hall–Kier alpha value is -6.46. The van der Waals surface area contributed by atoms with Gasteiger partial charge in [0.2, 0.25) is 11.8 Å². The van der Waals surface area contributed by atoms with E-state index in [1.807, 2.05) is 22.2 Å². The van der Waals surface area contributed by atoms with E-state index in [4.69, 9.17) is 33.7 Å². The molecule has 17 nitrogen and oxygen atoms in total. The summed E-state index contributed by atoms with van der Waals surface area (Å²) in [4.78, 5) is 73.1. The normalized spacial score (nSPS) is 20.8. The van der Waals surface area contributed by atoms with Crippen LogP contribution in [0.3, 0.4) is 0 Å². The third-order valence-corrected chi connectivity index (χ3v) is 14.2. The van der Waals surface area contributed by atoms with Gasteiger partial charge in [0.15, 0.2) is 0 Å². The van der Waals surface area contributed by atoms with Crippen molar-refractivity contribution in [3.63, 3.8) is 0 Å². The fourth-order valence-electron chi connectivity index (χ4n) is 10.7. The number of methoxy groups -OCH3 is 2. The van der Waals surface area contributed by atoms with E-state index in [-0.39, 0.29) is 35.7 Å². The van der Waals surface area contributed by atoms with Crippen molar-refractivity contribution in [1.82, 2.24) is 40.4 Å². The molecule has 3 aromatic carbocycles. The van der Waals surface area contributed by atoms with Crippen LogP contribution in [0.15, 0.2) is 60.9 Å². The number of fused-ring (bicyclic) bond motifs is 5. The number of imidazole rings is 2. The predicted octanol–water partition coefficient (Wildman–Crippen LogP) is 6.81. The minimum atomic E-state index is -0.696. The first-order chi connectivity index (χ1) is 32.3. The van der Waals surface area contributed by atoms with Gasteiger partial charge in [-0.05, 0) is 103 Å². The number of alkyl carbamates (subject to hydrolysis) is 2. The largest absolute Gasteiger partial charge is 0.488 e. The van der Waals surface area contributed by atoms with Gasteiger partial charge in [-0.25, -0.2) is 19.6 Å². The average molecular weight is 901 g/mol. The number of benzene rings is 3. The number of likely N-dealkylation sites (tertiary alicyclic amines) is 2. The summed E-state index contributed by atoms with van der Waals surface area (Å²) < 4.78 is 27.4. The number of aromatic amines is 2. The summed E-state index contributed by atoms with van der Waals surface area (Å²) in [6.07, 6.45) is 8.36. The first-order valence-electron chi connectivity index (χ1n) is 23.2. The molecule has 0 bridgehead atoms. The van der Waals surface area contributed by atoms with Gasteiger partial charge in [0.05, 0.1) is 50.1 Å². The molecule has 7 heterocycles. The molecular formula is C49H56N8O9. The van der Waals surface area contributed by atoms with E-state index in [1.165, 1.54) is 14.2 Å². The minimum Gasteiger partial charge on any atom is -0.488 e. The SMILES string of the molecule is COC(=O)N[C@H](C(=O)N1CCCC1c1ncc(-c2ccc3c(c2)COc2c-3ccc3cc(-c4cnc([C@@H]5CCCN5C(=O)[C@@H](NC(=O)OC)C5CCOCC5)[nH]4)ccc23)[nH]1)C1CCOCC1. The van der Waals surface area contributed by atoms with Crippen LogP contribution in [0.2, 0.25) is 0 Å². The minimum absolute atomic E-state index is 0.0376. The van der Waals surface area contributed by atoms with Crippen molar-refractivity contribution in [2.24, 2.45) is 11.8 Å². The number of rotatable bonds is 10. The van der Waals surface area contributed by atoms with E-state index in [9.17, 15) is 19.2 Å². The number of carbonyl (C=O) groups is 4. The van der Waals surface area contributed by atoms with E-state index in [1.54, 1.807) is 0 Å². The maximum Gasteiger partial charge on any atom is 0.407 e. The Labute approximate surface area is 382 Å². The van der Waals surface area contributed by atoms with Gasteiger partial charge in [-0.2, -0.15) is 0 Å². The lowest BCUT2D eigenvalue weighted by Gasteiger charge is -2.34.